The molecule has 3 nitrogen and oxygen atoms in total. The van der Waals surface area contributed by atoms with Gasteiger partial charge in [-0.1, -0.05) is 13.8 Å². The monoisotopic (exact) mass is 250 g/mol. The van der Waals surface area contributed by atoms with Gasteiger partial charge in [0, 0.05) is 11.8 Å². The SMILES string of the molecule is C[C@@H]1CC[C@H]2[C@H](C)C(=O)O[C@]23[C@H]1CC[C@@]1(C)O[C@@H]31. The smallest absolute Gasteiger partial charge is 0.309 e. The molecule has 0 aromatic carbocycles. The molecule has 1 spiro atoms. The summed E-state index contributed by atoms with van der Waals surface area (Å²) in [4.78, 5) is 12.1. The first-order valence-electron chi connectivity index (χ1n) is 7.40. The molecular weight excluding hydrogens is 228 g/mol. The maximum Gasteiger partial charge on any atom is 0.309 e. The lowest BCUT2D eigenvalue weighted by Gasteiger charge is -2.49. The normalized spacial score (nSPS) is 61.5. The van der Waals surface area contributed by atoms with E-state index in [0.717, 1.165) is 19.3 Å². The lowest BCUT2D eigenvalue weighted by atomic mass is 9.55. The summed E-state index contributed by atoms with van der Waals surface area (Å²) in [7, 11) is 0. The average Bonchev–Trinajstić information content (AvgIpc) is 2.95. The Bertz CT molecular complexity index is 420. The highest BCUT2D eigenvalue weighted by atomic mass is 16.7. The van der Waals surface area contributed by atoms with Gasteiger partial charge in [0.15, 0.2) is 0 Å². The quantitative estimate of drug-likeness (QED) is 0.490. The number of fused-ring (bicyclic) bond motifs is 1. The zero-order valence-electron chi connectivity index (χ0n) is 11.4. The Kier molecular flexibility index (Phi) is 1.95. The molecule has 0 amide bonds. The number of esters is 1. The number of rotatable bonds is 0. The highest BCUT2D eigenvalue weighted by Crippen LogP contribution is 2.66. The van der Waals surface area contributed by atoms with Gasteiger partial charge in [0.05, 0.1) is 11.5 Å². The van der Waals surface area contributed by atoms with E-state index in [2.05, 4.69) is 13.8 Å². The lowest BCUT2D eigenvalue weighted by molar-refractivity contribution is -0.168. The molecule has 0 radical (unpaired) electrons. The van der Waals surface area contributed by atoms with Crippen molar-refractivity contribution in [1.29, 1.82) is 0 Å². The molecule has 18 heavy (non-hydrogen) atoms. The molecule has 0 aromatic heterocycles. The molecule has 4 aliphatic rings. The molecule has 0 unspecified atom stereocenters. The molecule has 100 valence electrons. The zero-order valence-corrected chi connectivity index (χ0v) is 11.4. The van der Waals surface area contributed by atoms with Crippen LogP contribution < -0.4 is 0 Å². The lowest BCUT2D eigenvalue weighted by Crippen LogP contribution is -2.58. The summed E-state index contributed by atoms with van der Waals surface area (Å²) in [6.45, 7) is 6.56. The van der Waals surface area contributed by atoms with Crippen molar-refractivity contribution in [2.24, 2.45) is 23.7 Å². The van der Waals surface area contributed by atoms with Gasteiger partial charge in [0.2, 0.25) is 0 Å². The topological polar surface area (TPSA) is 38.8 Å². The van der Waals surface area contributed by atoms with Crippen LogP contribution in [0.4, 0.5) is 0 Å². The van der Waals surface area contributed by atoms with Crippen molar-refractivity contribution in [2.75, 3.05) is 0 Å². The van der Waals surface area contributed by atoms with Crippen LogP contribution in [0.1, 0.15) is 46.5 Å². The number of hydrogen-bond donors (Lipinski definition) is 0. The minimum absolute atomic E-state index is 0.00382. The minimum Gasteiger partial charge on any atom is -0.455 e. The van der Waals surface area contributed by atoms with Crippen molar-refractivity contribution in [2.45, 2.75) is 63.8 Å². The second-order valence-corrected chi connectivity index (χ2v) is 7.18. The molecule has 7 atom stereocenters. The van der Waals surface area contributed by atoms with E-state index in [1.165, 1.54) is 6.42 Å². The van der Waals surface area contributed by atoms with Gasteiger partial charge in [-0.2, -0.15) is 0 Å². The molecule has 0 bridgehead atoms. The van der Waals surface area contributed by atoms with E-state index in [9.17, 15) is 4.79 Å². The van der Waals surface area contributed by atoms with Gasteiger partial charge in [0.1, 0.15) is 11.7 Å². The number of epoxide rings is 1. The molecular formula is C15H22O3. The highest BCUT2D eigenvalue weighted by Gasteiger charge is 2.76. The van der Waals surface area contributed by atoms with Crippen LogP contribution in [0.25, 0.3) is 0 Å². The standard InChI is InChI=1S/C15H22O3/c1-8-4-5-11-9(2)12(16)17-15(11)10(8)6-7-14(3)13(15)18-14/h8-11,13H,4-7H2,1-3H3/t8-,9+,10+,11+,13-,14-,15-/m1/s1. The van der Waals surface area contributed by atoms with Crippen LogP contribution in [-0.2, 0) is 14.3 Å². The van der Waals surface area contributed by atoms with Gasteiger partial charge in [-0.25, -0.2) is 0 Å². The third-order valence-corrected chi connectivity index (χ3v) is 6.28. The van der Waals surface area contributed by atoms with Crippen LogP contribution in [0.2, 0.25) is 0 Å². The zero-order chi connectivity index (χ0) is 12.7. The first-order chi connectivity index (χ1) is 8.49. The summed E-state index contributed by atoms with van der Waals surface area (Å²) in [6, 6.07) is 0. The van der Waals surface area contributed by atoms with E-state index in [0.29, 0.717) is 17.8 Å². The summed E-state index contributed by atoms with van der Waals surface area (Å²) in [6.07, 6.45) is 4.82. The second-order valence-electron chi connectivity index (χ2n) is 7.18. The van der Waals surface area contributed by atoms with Crippen LogP contribution >= 0.6 is 0 Å². The summed E-state index contributed by atoms with van der Waals surface area (Å²) in [5.41, 5.74) is -0.280. The highest BCUT2D eigenvalue weighted by molar-refractivity contribution is 5.76. The van der Waals surface area contributed by atoms with Crippen molar-refractivity contribution in [3.8, 4) is 0 Å². The first kappa shape index (κ1) is 11.3. The van der Waals surface area contributed by atoms with Crippen LogP contribution in [0.3, 0.4) is 0 Å². The fraction of sp³-hybridized carbons (Fsp3) is 0.933. The van der Waals surface area contributed by atoms with E-state index >= 15 is 0 Å². The fourth-order valence-electron chi connectivity index (χ4n) is 5.20. The van der Waals surface area contributed by atoms with Gasteiger partial charge in [-0.15, -0.1) is 0 Å². The van der Waals surface area contributed by atoms with Crippen molar-refractivity contribution in [3.63, 3.8) is 0 Å². The molecule has 3 heteroatoms. The molecule has 2 saturated carbocycles. The number of hydrogen-bond acceptors (Lipinski definition) is 3. The van der Waals surface area contributed by atoms with E-state index in [1.54, 1.807) is 0 Å². The Labute approximate surface area is 108 Å². The summed E-state index contributed by atoms with van der Waals surface area (Å²) >= 11 is 0. The molecule has 2 aliphatic heterocycles. The Hall–Kier alpha value is -0.570. The second kappa shape index (κ2) is 3.12. The van der Waals surface area contributed by atoms with Gasteiger partial charge < -0.3 is 9.47 Å². The van der Waals surface area contributed by atoms with Crippen LogP contribution in [0.5, 0.6) is 0 Å². The van der Waals surface area contributed by atoms with Gasteiger partial charge >= 0.3 is 5.97 Å². The molecule has 2 aliphatic carbocycles. The third-order valence-electron chi connectivity index (χ3n) is 6.28. The molecule has 2 saturated heterocycles. The minimum atomic E-state index is -0.277. The molecule has 0 aromatic rings. The fourth-order valence-corrected chi connectivity index (χ4v) is 5.20. The Morgan fingerprint density at radius 3 is 2.72 bits per heavy atom. The van der Waals surface area contributed by atoms with Gasteiger partial charge in [-0.3, -0.25) is 4.79 Å². The van der Waals surface area contributed by atoms with Crippen LogP contribution in [0, 0.1) is 23.7 Å². The number of carbonyl (C=O) groups is 1. The summed E-state index contributed by atoms with van der Waals surface area (Å²) < 4.78 is 12.0. The number of ether oxygens (including phenoxy) is 2. The molecule has 2 heterocycles. The van der Waals surface area contributed by atoms with Crippen LogP contribution in [-0.4, -0.2) is 23.3 Å². The van der Waals surface area contributed by atoms with Crippen molar-refractivity contribution >= 4 is 5.97 Å². The predicted molar refractivity (Wildman–Crippen MR) is 65.9 cm³/mol. The maximum absolute atomic E-state index is 12.1. The average molecular weight is 250 g/mol. The van der Waals surface area contributed by atoms with Crippen molar-refractivity contribution in [1.82, 2.24) is 0 Å². The summed E-state index contributed by atoms with van der Waals surface area (Å²) in [5.74, 6) is 1.64. The Morgan fingerprint density at radius 1 is 1.17 bits per heavy atom. The van der Waals surface area contributed by atoms with Crippen molar-refractivity contribution < 1.29 is 14.3 Å². The molecule has 4 rings (SSSR count). The largest absolute Gasteiger partial charge is 0.455 e. The number of carbonyl (C=O) groups excluding carboxylic acids is 1. The molecule has 4 fully saturated rings. The summed E-state index contributed by atoms with van der Waals surface area (Å²) in [5, 5.41) is 0. The van der Waals surface area contributed by atoms with E-state index in [-0.39, 0.29) is 29.2 Å². The van der Waals surface area contributed by atoms with Crippen LogP contribution in [0.15, 0.2) is 0 Å². The van der Waals surface area contributed by atoms with Crippen molar-refractivity contribution in [3.05, 3.63) is 0 Å². The first-order valence-corrected chi connectivity index (χ1v) is 7.40. The van der Waals surface area contributed by atoms with Gasteiger partial charge in [-0.05, 0) is 38.5 Å². The maximum atomic E-state index is 12.1. The Morgan fingerprint density at radius 2 is 1.94 bits per heavy atom. The van der Waals surface area contributed by atoms with Gasteiger partial charge in [0.25, 0.3) is 0 Å². The molecule has 0 N–H and O–H groups in total. The van der Waals surface area contributed by atoms with E-state index in [4.69, 9.17) is 9.47 Å². The van der Waals surface area contributed by atoms with E-state index in [1.807, 2.05) is 6.92 Å². The third kappa shape index (κ3) is 1.08. The Balaban J connectivity index is 1.81. The predicted octanol–water partition coefficient (Wildman–Crippen LogP) is 2.53. The van der Waals surface area contributed by atoms with E-state index < -0.39 is 0 Å².